The van der Waals surface area contributed by atoms with Gasteiger partial charge in [0, 0.05) is 18.5 Å². The lowest BCUT2D eigenvalue weighted by molar-refractivity contribution is -0.140. The van der Waals surface area contributed by atoms with E-state index in [4.69, 9.17) is 23.2 Å². The average molecular weight is 695 g/mol. The molecule has 10 heteroatoms. The highest BCUT2D eigenvalue weighted by Crippen LogP contribution is 2.28. The number of anilines is 1. The molecule has 47 heavy (non-hydrogen) atoms. The Morgan fingerprint density at radius 1 is 0.787 bits per heavy atom. The van der Waals surface area contributed by atoms with Crippen molar-refractivity contribution in [1.82, 2.24) is 10.2 Å². The van der Waals surface area contributed by atoms with Crippen molar-refractivity contribution in [2.75, 3.05) is 10.8 Å². The Morgan fingerprint density at radius 3 is 1.94 bits per heavy atom. The maximum atomic E-state index is 14.6. The number of carbonyl (C=O) groups excluding carboxylic acids is 2. The molecule has 0 saturated heterocycles. The monoisotopic (exact) mass is 693 g/mol. The van der Waals surface area contributed by atoms with E-state index < -0.39 is 34.1 Å². The number of sulfonamides is 1. The van der Waals surface area contributed by atoms with Crippen molar-refractivity contribution in [3.8, 4) is 0 Å². The molecule has 0 heterocycles. The molecule has 0 saturated carbocycles. The van der Waals surface area contributed by atoms with Gasteiger partial charge in [0.05, 0.1) is 20.6 Å². The van der Waals surface area contributed by atoms with Crippen molar-refractivity contribution in [2.45, 2.75) is 70.0 Å². The lowest BCUT2D eigenvalue weighted by atomic mass is 10.0. The second-order valence-corrected chi connectivity index (χ2v) is 15.5. The smallest absolute Gasteiger partial charge is 0.264 e. The minimum atomic E-state index is -4.19. The van der Waals surface area contributed by atoms with Crippen molar-refractivity contribution in [2.24, 2.45) is 0 Å². The Bertz CT molecular complexity index is 1780. The highest BCUT2D eigenvalue weighted by Gasteiger charge is 2.35. The van der Waals surface area contributed by atoms with Gasteiger partial charge < -0.3 is 10.2 Å². The molecule has 0 aromatic heterocycles. The molecule has 2 amide bonds. The van der Waals surface area contributed by atoms with E-state index >= 15 is 0 Å². The predicted octanol–water partition coefficient (Wildman–Crippen LogP) is 7.87. The zero-order valence-corrected chi connectivity index (χ0v) is 29.6. The number of amides is 2. The molecule has 1 atom stereocenters. The summed E-state index contributed by atoms with van der Waals surface area (Å²) in [6, 6.07) is 28.6. The Kier molecular flexibility index (Phi) is 11.8. The first-order valence-corrected chi connectivity index (χ1v) is 17.6. The van der Waals surface area contributed by atoms with Crippen LogP contribution in [0.5, 0.6) is 0 Å². The van der Waals surface area contributed by atoms with Crippen LogP contribution in [0.3, 0.4) is 0 Å². The predicted molar refractivity (Wildman–Crippen MR) is 190 cm³/mol. The molecule has 0 radical (unpaired) electrons. The number of hydrogen-bond acceptors (Lipinski definition) is 4. The molecule has 0 aliphatic rings. The second-order valence-electron chi connectivity index (χ2n) is 12.8. The van der Waals surface area contributed by atoms with Gasteiger partial charge in [-0.05, 0) is 79.8 Å². The summed E-state index contributed by atoms with van der Waals surface area (Å²) in [6.07, 6.45) is 0.199. The van der Waals surface area contributed by atoms with Crippen molar-refractivity contribution in [1.29, 1.82) is 0 Å². The van der Waals surface area contributed by atoms with Gasteiger partial charge in [0.2, 0.25) is 11.8 Å². The molecule has 0 spiro atoms. The van der Waals surface area contributed by atoms with Crippen LogP contribution in [0.1, 0.15) is 57.2 Å². The fraction of sp³-hybridized carbons (Fsp3) is 0.297. The number of rotatable bonds is 12. The number of nitrogens with one attached hydrogen (secondary N) is 1. The van der Waals surface area contributed by atoms with Crippen LogP contribution in [0, 0.1) is 0 Å². The van der Waals surface area contributed by atoms with Gasteiger partial charge in [0.1, 0.15) is 12.6 Å². The number of halogens is 2. The molecule has 7 nitrogen and oxygen atoms in total. The van der Waals surface area contributed by atoms with Crippen LogP contribution in [-0.2, 0) is 32.6 Å². The molecule has 0 fully saturated rings. The topological polar surface area (TPSA) is 86.8 Å². The number of hydrogen-bond donors (Lipinski definition) is 1. The highest BCUT2D eigenvalue weighted by molar-refractivity contribution is 7.92. The minimum Gasteiger partial charge on any atom is -0.350 e. The van der Waals surface area contributed by atoms with Gasteiger partial charge in [-0.15, -0.1) is 0 Å². The van der Waals surface area contributed by atoms with Crippen LogP contribution in [0.15, 0.2) is 108 Å². The van der Waals surface area contributed by atoms with Gasteiger partial charge in [-0.2, -0.15) is 0 Å². The highest BCUT2D eigenvalue weighted by atomic mass is 35.5. The fourth-order valence-electron chi connectivity index (χ4n) is 5.12. The standard InChI is InChI=1S/C37H41Cl2N3O4S/c1-26(2)29-17-19-30(20-18-29)42(47(45,46)31-14-10-7-11-15-31)25-35(43)41(24-28-16-21-32(38)33(39)22-28)34(36(44)40-37(3,4)5)23-27-12-8-6-9-13-27/h6-22,26,34H,23-25H2,1-5H3,(H,40,44)/t34-/m0/s1. The molecule has 0 unspecified atom stereocenters. The summed E-state index contributed by atoms with van der Waals surface area (Å²) in [7, 11) is -4.19. The zero-order valence-electron chi connectivity index (χ0n) is 27.3. The van der Waals surface area contributed by atoms with Gasteiger partial charge in [-0.25, -0.2) is 8.42 Å². The third-order valence-corrected chi connectivity index (χ3v) is 10.1. The van der Waals surface area contributed by atoms with Crippen molar-refractivity contribution >= 4 is 50.7 Å². The minimum absolute atomic E-state index is 0.0176. The first-order valence-electron chi connectivity index (χ1n) is 15.4. The molecule has 0 bridgehead atoms. The quantitative estimate of drug-likeness (QED) is 0.164. The van der Waals surface area contributed by atoms with Crippen molar-refractivity contribution < 1.29 is 18.0 Å². The molecular weight excluding hydrogens is 653 g/mol. The Labute approximate surface area is 288 Å². The molecule has 0 aliphatic carbocycles. The molecule has 4 aromatic carbocycles. The van der Waals surface area contributed by atoms with Gasteiger partial charge in [-0.1, -0.05) is 104 Å². The Morgan fingerprint density at radius 2 is 1.38 bits per heavy atom. The molecular formula is C37H41Cl2N3O4S. The van der Waals surface area contributed by atoms with Crippen molar-refractivity contribution in [3.63, 3.8) is 0 Å². The molecule has 0 aliphatic heterocycles. The zero-order chi connectivity index (χ0) is 34.4. The normalized spacial score (nSPS) is 12.4. The number of carbonyl (C=O) groups is 2. The summed E-state index contributed by atoms with van der Waals surface area (Å²) in [6.45, 7) is 9.13. The lowest BCUT2D eigenvalue weighted by Gasteiger charge is -2.35. The lowest BCUT2D eigenvalue weighted by Crippen LogP contribution is -2.56. The average Bonchev–Trinajstić information content (AvgIpc) is 3.03. The molecule has 248 valence electrons. The first-order chi connectivity index (χ1) is 22.2. The van der Waals surface area contributed by atoms with E-state index in [1.165, 1.54) is 17.0 Å². The largest absolute Gasteiger partial charge is 0.350 e. The van der Waals surface area contributed by atoms with Crippen LogP contribution in [0.2, 0.25) is 10.0 Å². The van der Waals surface area contributed by atoms with E-state index in [9.17, 15) is 18.0 Å². The number of nitrogens with zero attached hydrogens (tertiary/aromatic N) is 2. The van der Waals surface area contributed by atoms with Crippen LogP contribution in [0.25, 0.3) is 0 Å². The maximum Gasteiger partial charge on any atom is 0.264 e. The maximum absolute atomic E-state index is 14.6. The van der Waals surface area contributed by atoms with E-state index in [1.807, 2.05) is 77.1 Å². The summed E-state index contributed by atoms with van der Waals surface area (Å²) in [4.78, 5) is 30.1. The van der Waals surface area contributed by atoms with Gasteiger partial charge in [-0.3, -0.25) is 13.9 Å². The van der Waals surface area contributed by atoms with Crippen molar-refractivity contribution in [3.05, 3.63) is 130 Å². The SMILES string of the molecule is CC(C)c1ccc(N(CC(=O)N(Cc2ccc(Cl)c(Cl)c2)[C@@H](Cc2ccccc2)C(=O)NC(C)(C)C)S(=O)(=O)c2ccccc2)cc1. The summed E-state index contributed by atoms with van der Waals surface area (Å²) in [5.74, 6) is -0.700. The molecule has 1 N–H and O–H groups in total. The fourth-order valence-corrected chi connectivity index (χ4v) is 6.87. The van der Waals surface area contributed by atoms with Crippen LogP contribution < -0.4 is 9.62 Å². The van der Waals surface area contributed by atoms with Crippen LogP contribution >= 0.6 is 23.2 Å². The Hall–Kier alpha value is -3.85. The summed E-state index contributed by atoms with van der Waals surface area (Å²) in [5.41, 5.74) is 2.24. The van der Waals surface area contributed by atoms with E-state index in [0.717, 1.165) is 15.4 Å². The van der Waals surface area contributed by atoms with E-state index in [2.05, 4.69) is 5.32 Å². The van der Waals surface area contributed by atoms with Gasteiger partial charge in [0.25, 0.3) is 10.0 Å². The molecule has 4 aromatic rings. The second kappa shape index (κ2) is 15.4. The van der Waals surface area contributed by atoms with E-state index in [1.54, 1.807) is 48.5 Å². The number of benzene rings is 4. The first kappa shape index (κ1) is 36.0. The van der Waals surface area contributed by atoms with Crippen LogP contribution in [-0.4, -0.2) is 43.3 Å². The summed E-state index contributed by atoms with van der Waals surface area (Å²) in [5, 5.41) is 3.68. The summed E-state index contributed by atoms with van der Waals surface area (Å²) >= 11 is 12.6. The van der Waals surface area contributed by atoms with Gasteiger partial charge in [0.15, 0.2) is 0 Å². The van der Waals surface area contributed by atoms with Crippen LogP contribution in [0.4, 0.5) is 5.69 Å². The summed E-state index contributed by atoms with van der Waals surface area (Å²) < 4.78 is 29.5. The molecule has 4 rings (SSSR count). The van der Waals surface area contributed by atoms with Gasteiger partial charge >= 0.3 is 0 Å². The van der Waals surface area contributed by atoms with E-state index in [0.29, 0.717) is 21.3 Å². The third kappa shape index (κ3) is 9.60. The van der Waals surface area contributed by atoms with E-state index in [-0.39, 0.29) is 29.7 Å². The third-order valence-electron chi connectivity index (χ3n) is 7.56. The Balaban J connectivity index is 1.83.